The van der Waals surface area contributed by atoms with Gasteiger partial charge in [-0.3, -0.25) is 9.36 Å². The number of para-hydroxylation sites is 1. The maximum absolute atomic E-state index is 14.3. The van der Waals surface area contributed by atoms with Crippen LogP contribution in [0.3, 0.4) is 0 Å². The molecule has 0 N–H and O–H groups in total. The smallest absolute Gasteiger partial charge is 0.338 e. The fourth-order valence-corrected chi connectivity index (χ4v) is 6.80. The van der Waals surface area contributed by atoms with Crippen LogP contribution in [0.2, 0.25) is 0 Å². The molecule has 5 aromatic rings. The van der Waals surface area contributed by atoms with E-state index in [-0.39, 0.29) is 29.7 Å². The lowest BCUT2D eigenvalue weighted by molar-refractivity contribution is -0.139. The molecule has 0 radical (unpaired) electrons. The molecular formula is C36H34FN3O5S. The highest BCUT2D eigenvalue weighted by Gasteiger charge is 2.34. The van der Waals surface area contributed by atoms with E-state index in [1.54, 1.807) is 49.8 Å². The Labute approximate surface area is 269 Å². The topological polar surface area (TPSA) is 84.1 Å². The number of halogens is 1. The van der Waals surface area contributed by atoms with Crippen molar-refractivity contribution in [1.29, 1.82) is 0 Å². The summed E-state index contributed by atoms with van der Waals surface area (Å²) in [4.78, 5) is 32.8. The van der Waals surface area contributed by atoms with Gasteiger partial charge in [-0.15, -0.1) is 0 Å². The van der Waals surface area contributed by atoms with E-state index >= 15 is 0 Å². The Balaban J connectivity index is 1.51. The van der Waals surface area contributed by atoms with E-state index in [1.165, 1.54) is 23.5 Å². The monoisotopic (exact) mass is 639 g/mol. The molecule has 0 bridgehead atoms. The molecule has 10 heteroatoms. The van der Waals surface area contributed by atoms with Crippen LogP contribution in [0.15, 0.2) is 94.0 Å². The zero-order valence-corrected chi connectivity index (χ0v) is 27.1. The summed E-state index contributed by atoms with van der Waals surface area (Å²) in [6.07, 6.45) is 3.79. The normalized spacial score (nSPS) is 14.8. The van der Waals surface area contributed by atoms with Gasteiger partial charge in [-0.25, -0.2) is 14.2 Å². The van der Waals surface area contributed by atoms with Crippen molar-refractivity contribution in [2.45, 2.75) is 46.4 Å². The van der Waals surface area contributed by atoms with Crippen molar-refractivity contribution in [1.82, 2.24) is 9.13 Å². The summed E-state index contributed by atoms with van der Waals surface area (Å²) in [6, 6.07) is 19.0. The summed E-state index contributed by atoms with van der Waals surface area (Å²) >= 11 is 1.27. The Morgan fingerprint density at radius 3 is 2.57 bits per heavy atom. The van der Waals surface area contributed by atoms with Crippen molar-refractivity contribution in [3.05, 3.63) is 126 Å². The van der Waals surface area contributed by atoms with Gasteiger partial charge < -0.3 is 18.8 Å². The number of carbonyl (C=O) groups excluding carboxylic acids is 1. The highest BCUT2D eigenvalue weighted by Crippen LogP contribution is 2.36. The van der Waals surface area contributed by atoms with Crippen LogP contribution in [0.4, 0.5) is 4.39 Å². The third-order valence-electron chi connectivity index (χ3n) is 7.76. The molecule has 0 spiro atoms. The van der Waals surface area contributed by atoms with Gasteiger partial charge in [-0.2, -0.15) is 0 Å². The van der Waals surface area contributed by atoms with E-state index in [1.807, 2.05) is 56.5 Å². The van der Waals surface area contributed by atoms with Gasteiger partial charge in [0, 0.05) is 29.2 Å². The van der Waals surface area contributed by atoms with Crippen LogP contribution in [0.1, 0.15) is 50.4 Å². The van der Waals surface area contributed by atoms with Crippen LogP contribution in [-0.2, 0) is 16.1 Å². The molecule has 0 saturated heterocycles. The summed E-state index contributed by atoms with van der Waals surface area (Å²) in [5.74, 6) is 0.229. The van der Waals surface area contributed by atoms with Gasteiger partial charge in [0.25, 0.3) is 5.56 Å². The van der Waals surface area contributed by atoms with Gasteiger partial charge in [-0.05, 0) is 75.2 Å². The van der Waals surface area contributed by atoms with Gasteiger partial charge >= 0.3 is 5.97 Å². The predicted molar refractivity (Wildman–Crippen MR) is 177 cm³/mol. The molecule has 0 amide bonds. The standard InChI is InChI=1S/C36H34FN3O5S/c1-6-44-35(42)32-22(4)38-36-40(33(32)24-13-16-29(45-21(2)3)30(17-24)43-5)34(41)31(46-36)18-25-20-39(28-10-8-7-9-27(25)28)19-23-11-14-26(37)15-12-23/h7-18,20-21,33H,6,19H2,1-5H3/b31-18-/t33-/m0/s1. The molecule has 236 valence electrons. The number of methoxy groups -OCH3 is 1. The molecule has 1 aliphatic rings. The van der Waals surface area contributed by atoms with Gasteiger partial charge in [0.05, 0.1) is 41.7 Å². The second kappa shape index (κ2) is 12.8. The van der Waals surface area contributed by atoms with Gasteiger partial charge in [0.1, 0.15) is 5.82 Å². The number of allylic oxidation sites excluding steroid dienone is 1. The molecule has 0 fully saturated rings. The number of rotatable bonds is 9. The van der Waals surface area contributed by atoms with Crippen molar-refractivity contribution in [3.8, 4) is 11.5 Å². The van der Waals surface area contributed by atoms with Crippen molar-refractivity contribution in [2.24, 2.45) is 4.99 Å². The van der Waals surface area contributed by atoms with Gasteiger partial charge in [0.2, 0.25) is 0 Å². The number of hydrogen-bond donors (Lipinski definition) is 0. The number of thiazole rings is 1. The molecule has 6 rings (SSSR count). The minimum absolute atomic E-state index is 0.0729. The zero-order chi connectivity index (χ0) is 32.5. The van der Waals surface area contributed by atoms with E-state index in [0.29, 0.717) is 38.6 Å². The number of hydrogen-bond acceptors (Lipinski definition) is 7. The minimum atomic E-state index is -0.792. The first-order valence-electron chi connectivity index (χ1n) is 15.0. The van der Waals surface area contributed by atoms with Crippen LogP contribution in [0, 0.1) is 5.82 Å². The minimum Gasteiger partial charge on any atom is -0.493 e. The first-order chi connectivity index (χ1) is 22.2. The van der Waals surface area contributed by atoms with E-state index in [9.17, 15) is 14.0 Å². The molecule has 0 saturated carbocycles. The highest BCUT2D eigenvalue weighted by atomic mass is 32.1. The lowest BCUT2D eigenvalue weighted by Crippen LogP contribution is -2.40. The molecule has 1 aliphatic heterocycles. The number of esters is 1. The molecule has 46 heavy (non-hydrogen) atoms. The van der Waals surface area contributed by atoms with Crippen molar-refractivity contribution < 1.29 is 23.4 Å². The third-order valence-corrected chi connectivity index (χ3v) is 8.74. The fourth-order valence-electron chi connectivity index (χ4n) is 5.76. The highest BCUT2D eigenvalue weighted by molar-refractivity contribution is 7.07. The Morgan fingerprint density at radius 2 is 1.85 bits per heavy atom. The Bertz CT molecular complexity index is 2160. The summed E-state index contributed by atoms with van der Waals surface area (Å²) < 4.78 is 34.7. The third kappa shape index (κ3) is 5.88. The quantitative estimate of drug-likeness (QED) is 0.192. The second-order valence-corrected chi connectivity index (χ2v) is 12.2. The van der Waals surface area contributed by atoms with Crippen LogP contribution < -0.4 is 24.4 Å². The van der Waals surface area contributed by atoms with Crippen LogP contribution in [0.25, 0.3) is 17.0 Å². The molecule has 1 atom stereocenters. The maximum atomic E-state index is 14.3. The predicted octanol–water partition coefficient (Wildman–Crippen LogP) is 5.74. The fraction of sp³-hybridized carbons (Fsp3) is 0.250. The molecule has 8 nitrogen and oxygen atoms in total. The first-order valence-corrected chi connectivity index (χ1v) is 15.9. The Hall–Kier alpha value is -4.96. The number of nitrogens with zero attached hydrogens (tertiary/aromatic N) is 3. The number of fused-ring (bicyclic) bond motifs is 2. The molecule has 3 aromatic carbocycles. The van der Waals surface area contributed by atoms with Gasteiger partial charge in [0.15, 0.2) is 16.3 Å². The second-order valence-electron chi connectivity index (χ2n) is 11.2. The average molecular weight is 640 g/mol. The SMILES string of the molecule is CCOC(=O)C1=C(C)N=c2s/c(=C\c3cn(Cc4ccc(F)cc4)c4ccccc34)c(=O)n2[C@H]1c1ccc(OC(C)C)c(OC)c1. The van der Waals surface area contributed by atoms with Crippen LogP contribution in [-0.4, -0.2) is 34.9 Å². The maximum Gasteiger partial charge on any atom is 0.338 e. The zero-order valence-electron chi connectivity index (χ0n) is 26.2. The van der Waals surface area contributed by atoms with E-state index in [4.69, 9.17) is 19.2 Å². The molecule has 0 aliphatic carbocycles. The van der Waals surface area contributed by atoms with Gasteiger partial charge in [-0.1, -0.05) is 47.7 Å². The van der Waals surface area contributed by atoms with Crippen LogP contribution >= 0.6 is 11.3 Å². The van der Waals surface area contributed by atoms with Crippen molar-refractivity contribution in [2.75, 3.05) is 13.7 Å². The lowest BCUT2D eigenvalue weighted by atomic mass is 9.95. The van der Waals surface area contributed by atoms with Crippen LogP contribution in [0.5, 0.6) is 11.5 Å². The molecule has 0 unspecified atom stereocenters. The molecule has 3 heterocycles. The summed E-state index contributed by atoms with van der Waals surface area (Å²) in [5.41, 5.74) is 3.95. The average Bonchev–Trinajstić information content (AvgIpc) is 3.53. The Kier molecular flexibility index (Phi) is 8.64. The first kappa shape index (κ1) is 31.0. The summed E-state index contributed by atoms with van der Waals surface area (Å²) in [6.45, 7) is 8.07. The Morgan fingerprint density at radius 1 is 1.09 bits per heavy atom. The molecule has 2 aromatic heterocycles. The summed E-state index contributed by atoms with van der Waals surface area (Å²) in [7, 11) is 1.55. The lowest BCUT2D eigenvalue weighted by Gasteiger charge is -2.25. The number of benzene rings is 3. The van der Waals surface area contributed by atoms with E-state index in [0.717, 1.165) is 22.0 Å². The number of ether oxygens (including phenoxy) is 3. The summed E-state index contributed by atoms with van der Waals surface area (Å²) in [5, 5.41) is 0.973. The van der Waals surface area contributed by atoms with E-state index < -0.39 is 12.0 Å². The van der Waals surface area contributed by atoms with Crippen molar-refractivity contribution >= 4 is 34.3 Å². The van der Waals surface area contributed by atoms with Crippen molar-refractivity contribution in [3.63, 3.8) is 0 Å². The largest absolute Gasteiger partial charge is 0.493 e. The number of carbonyl (C=O) groups is 1. The number of aromatic nitrogens is 2. The molecular weight excluding hydrogens is 605 g/mol. The van der Waals surface area contributed by atoms with E-state index in [2.05, 4.69) is 4.57 Å².